The minimum atomic E-state index is -0.463. The molecule has 0 spiro atoms. The van der Waals surface area contributed by atoms with E-state index in [1.54, 1.807) is 19.0 Å². The molecule has 1 rings (SSSR count). The Morgan fingerprint density at radius 1 is 1.22 bits per heavy atom. The zero-order valence-electron chi connectivity index (χ0n) is 11.9. The van der Waals surface area contributed by atoms with Crippen LogP contribution < -0.4 is 5.32 Å². The molecule has 2 atom stereocenters. The maximum absolute atomic E-state index is 11.8. The standard InChI is InChI=1S/C13H24N2O3/c1-13(2,3)18-12(17)10-7-6-9(8-14-10)11(16)15(4)5/h9-10,14H,6-8H2,1-5H3. The van der Waals surface area contributed by atoms with Crippen molar-refractivity contribution in [2.24, 2.45) is 5.92 Å². The molecule has 1 aliphatic heterocycles. The van der Waals surface area contributed by atoms with E-state index in [1.165, 1.54) is 0 Å². The van der Waals surface area contributed by atoms with E-state index in [0.29, 0.717) is 13.0 Å². The van der Waals surface area contributed by atoms with Crippen LogP contribution in [0.5, 0.6) is 0 Å². The lowest BCUT2D eigenvalue weighted by atomic mass is 9.93. The van der Waals surface area contributed by atoms with Crippen LogP contribution in [0.15, 0.2) is 0 Å². The lowest BCUT2D eigenvalue weighted by molar-refractivity contribution is -0.159. The Kier molecular flexibility index (Phi) is 4.73. The van der Waals surface area contributed by atoms with Crippen LogP contribution in [0, 0.1) is 5.92 Å². The predicted molar refractivity (Wildman–Crippen MR) is 69.1 cm³/mol. The molecule has 1 N–H and O–H groups in total. The second kappa shape index (κ2) is 5.69. The fourth-order valence-electron chi connectivity index (χ4n) is 2.01. The molecular weight excluding hydrogens is 232 g/mol. The van der Waals surface area contributed by atoms with Gasteiger partial charge in [-0.2, -0.15) is 0 Å². The fourth-order valence-corrected chi connectivity index (χ4v) is 2.01. The van der Waals surface area contributed by atoms with E-state index in [-0.39, 0.29) is 23.8 Å². The third-order valence-corrected chi connectivity index (χ3v) is 2.90. The molecule has 1 saturated heterocycles. The van der Waals surface area contributed by atoms with Gasteiger partial charge in [-0.3, -0.25) is 9.59 Å². The monoisotopic (exact) mass is 256 g/mol. The normalized spacial score (nSPS) is 24.5. The van der Waals surface area contributed by atoms with Gasteiger partial charge >= 0.3 is 5.97 Å². The van der Waals surface area contributed by atoms with E-state index < -0.39 is 5.60 Å². The number of piperidine rings is 1. The number of hydrogen-bond donors (Lipinski definition) is 1. The summed E-state index contributed by atoms with van der Waals surface area (Å²) in [4.78, 5) is 25.2. The molecule has 1 aliphatic rings. The van der Waals surface area contributed by atoms with Gasteiger partial charge < -0.3 is 15.0 Å². The summed E-state index contributed by atoms with van der Waals surface area (Å²) in [5.41, 5.74) is -0.463. The summed E-state index contributed by atoms with van der Waals surface area (Å²) in [5, 5.41) is 3.11. The maximum atomic E-state index is 11.8. The number of carbonyl (C=O) groups is 2. The van der Waals surface area contributed by atoms with Gasteiger partial charge in [0.1, 0.15) is 11.6 Å². The van der Waals surface area contributed by atoms with Crippen molar-refractivity contribution in [2.45, 2.75) is 45.3 Å². The highest BCUT2D eigenvalue weighted by atomic mass is 16.6. The van der Waals surface area contributed by atoms with Gasteiger partial charge in [0.2, 0.25) is 5.91 Å². The third-order valence-electron chi connectivity index (χ3n) is 2.90. The first kappa shape index (κ1) is 15.0. The Morgan fingerprint density at radius 2 is 1.83 bits per heavy atom. The average Bonchev–Trinajstić information content (AvgIpc) is 2.26. The van der Waals surface area contributed by atoms with Crippen LogP contribution in [-0.2, 0) is 14.3 Å². The number of rotatable bonds is 2. The summed E-state index contributed by atoms with van der Waals surface area (Å²) in [6, 6.07) is -0.282. The molecule has 104 valence electrons. The van der Waals surface area contributed by atoms with Crippen LogP contribution in [0.4, 0.5) is 0 Å². The van der Waals surface area contributed by atoms with Crippen molar-refractivity contribution in [1.29, 1.82) is 0 Å². The summed E-state index contributed by atoms with van der Waals surface area (Å²) in [6.07, 6.45) is 1.38. The second-order valence-electron chi connectivity index (χ2n) is 6.00. The molecule has 2 unspecified atom stereocenters. The molecule has 0 aromatic carbocycles. The number of ether oxygens (including phenoxy) is 1. The first-order chi connectivity index (χ1) is 8.20. The Morgan fingerprint density at radius 3 is 2.22 bits per heavy atom. The molecule has 1 amide bonds. The minimum absolute atomic E-state index is 0.0290. The molecule has 5 heteroatoms. The smallest absolute Gasteiger partial charge is 0.323 e. The largest absolute Gasteiger partial charge is 0.459 e. The molecule has 0 aromatic heterocycles. The van der Waals surface area contributed by atoms with Gasteiger partial charge in [0.15, 0.2) is 0 Å². The lowest BCUT2D eigenvalue weighted by Gasteiger charge is -2.31. The van der Waals surface area contributed by atoms with Crippen LogP contribution in [0.2, 0.25) is 0 Å². The molecular formula is C13H24N2O3. The zero-order valence-corrected chi connectivity index (χ0v) is 11.9. The summed E-state index contributed by atoms with van der Waals surface area (Å²) in [5.74, 6) is -0.137. The third kappa shape index (κ3) is 4.29. The summed E-state index contributed by atoms with van der Waals surface area (Å²) < 4.78 is 5.32. The highest BCUT2D eigenvalue weighted by Crippen LogP contribution is 2.18. The number of esters is 1. The molecule has 0 bridgehead atoms. The van der Waals surface area contributed by atoms with Gasteiger partial charge in [0, 0.05) is 20.6 Å². The summed E-state index contributed by atoms with van der Waals surface area (Å²) >= 11 is 0. The highest BCUT2D eigenvalue weighted by Gasteiger charge is 2.32. The molecule has 1 fully saturated rings. The highest BCUT2D eigenvalue weighted by molar-refractivity contribution is 5.80. The number of amides is 1. The van der Waals surface area contributed by atoms with Crippen LogP contribution in [0.3, 0.4) is 0 Å². The maximum Gasteiger partial charge on any atom is 0.323 e. The van der Waals surface area contributed by atoms with E-state index in [2.05, 4.69) is 5.32 Å². The Balaban J connectivity index is 2.44. The molecule has 5 nitrogen and oxygen atoms in total. The Hall–Kier alpha value is -1.10. The number of nitrogens with one attached hydrogen (secondary N) is 1. The van der Waals surface area contributed by atoms with Gasteiger partial charge in [-0.05, 0) is 33.6 Å². The fraction of sp³-hybridized carbons (Fsp3) is 0.846. The zero-order chi connectivity index (χ0) is 13.9. The van der Waals surface area contributed by atoms with Gasteiger partial charge in [0.25, 0.3) is 0 Å². The van der Waals surface area contributed by atoms with Gasteiger partial charge in [-0.25, -0.2) is 0 Å². The van der Waals surface area contributed by atoms with Crippen molar-refractivity contribution >= 4 is 11.9 Å². The van der Waals surface area contributed by atoms with Crippen molar-refractivity contribution in [2.75, 3.05) is 20.6 Å². The number of nitrogens with zero attached hydrogens (tertiary/aromatic N) is 1. The van der Waals surface area contributed by atoms with Crippen molar-refractivity contribution < 1.29 is 14.3 Å². The average molecular weight is 256 g/mol. The van der Waals surface area contributed by atoms with Gasteiger partial charge in [-0.15, -0.1) is 0 Å². The van der Waals surface area contributed by atoms with E-state index in [4.69, 9.17) is 4.74 Å². The topological polar surface area (TPSA) is 58.6 Å². The lowest BCUT2D eigenvalue weighted by Crippen LogP contribution is -2.49. The van der Waals surface area contributed by atoms with Gasteiger partial charge in [-0.1, -0.05) is 0 Å². The number of hydrogen-bond acceptors (Lipinski definition) is 4. The van der Waals surface area contributed by atoms with Crippen LogP contribution in [0.1, 0.15) is 33.6 Å². The van der Waals surface area contributed by atoms with E-state index in [1.807, 2.05) is 20.8 Å². The SMILES string of the molecule is CN(C)C(=O)C1CCC(C(=O)OC(C)(C)C)NC1. The molecule has 0 aliphatic carbocycles. The van der Waals surface area contributed by atoms with E-state index in [0.717, 1.165) is 6.42 Å². The van der Waals surface area contributed by atoms with Crippen LogP contribution in [-0.4, -0.2) is 49.1 Å². The molecule has 18 heavy (non-hydrogen) atoms. The molecule has 0 radical (unpaired) electrons. The Labute approximate surface area is 109 Å². The van der Waals surface area contributed by atoms with E-state index >= 15 is 0 Å². The molecule has 1 heterocycles. The molecule has 0 aromatic rings. The first-order valence-corrected chi connectivity index (χ1v) is 6.38. The van der Waals surface area contributed by atoms with E-state index in [9.17, 15) is 9.59 Å². The first-order valence-electron chi connectivity index (χ1n) is 6.38. The number of carbonyl (C=O) groups excluding carboxylic acids is 2. The van der Waals surface area contributed by atoms with Crippen molar-refractivity contribution in [3.63, 3.8) is 0 Å². The van der Waals surface area contributed by atoms with Crippen LogP contribution >= 0.6 is 0 Å². The molecule has 0 saturated carbocycles. The quantitative estimate of drug-likeness (QED) is 0.742. The van der Waals surface area contributed by atoms with Crippen molar-refractivity contribution in [1.82, 2.24) is 10.2 Å². The predicted octanol–water partition coefficient (Wildman–Crippen LogP) is 0.784. The van der Waals surface area contributed by atoms with Crippen molar-refractivity contribution in [3.8, 4) is 0 Å². The van der Waals surface area contributed by atoms with Crippen LogP contribution in [0.25, 0.3) is 0 Å². The van der Waals surface area contributed by atoms with Crippen molar-refractivity contribution in [3.05, 3.63) is 0 Å². The summed E-state index contributed by atoms with van der Waals surface area (Å²) in [7, 11) is 3.50. The van der Waals surface area contributed by atoms with Gasteiger partial charge in [0.05, 0.1) is 5.92 Å². The Bertz CT molecular complexity index is 313. The second-order valence-corrected chi connectivity index (χ2v) is 6.00. The summed E-state index contributed by atoms with van der Waals surface area (Å²) in [6.45, 7) is 6.10. The minimum Gasteiger partial charge on any atom is -0.459 e.